The average Bonchev–Trinajstić information content (AvgIpc) is 3.34. The second-order valence-corrected chi connectivity index (χ2v) is 22.0. The maximum atomic E-state index is 12.8. The Morgan fingerprint density at radius 1 is 0.444 bits per heavy atom. The van der Waals surface area contributed by atoms with Crippen molar-refractivity contribution in [3.8, 4) is 0 Å². The summed E-state index contributed by atoms with van der Waals surface area (Å²) >= 11 is 0. The van der Waals surface area contributed by atoms with E-state index < -0.39 is 26.5 Å². The van der Waals surface area contributed by atoms with Crippen LogP contribution in [0.1, 0.15) is 245 Å². The number of hydrogen-bond acceptors (Lipinski definition) is 8. The van der Waals surface area contributed by atoms with Crippen molar-refractivity contribution in [1.29, 1.82) is 0 Å². The molecule has 0 saturated heterocycles. The zero-order chi connectivity index (χ0) is 52.7. The highest BCUT2D eigenvalue weighted by molar-refractivity contribution is 7.45. The van der Waals surface area contributed by atoms with Crippen LogP contribution in [-0.4, -0.2) is 70.0 Å². The lowest BCUT2D eigenvalue weighted by Crippen LogP contribution is -2.37. The second kappa shape index (κ2) is 53.0. The van der Waals surface area contributed by atoms with Gasteiger partial charge in [-0.1, -0.05) is 247 Å². The Labute approximate surface area is 443 Å². The van der Waals surface area contributed by atoms with E-state index in [1.165, 1.54) is 128 Å². The van der Waals surface area contributed by atoms with Gasteiger partial charge in [0.1, 0.15) is 19.8 Å². The zero-order valence-corrected chi connectivity index (χ0v) is 48.0. The summed E-state index contributed by atoms with van der Waals surface area (Å²) in [6.07, 6.45) is 70.6. The van der Waals surface area contributed by atoms with Crippen molar-refractivity contribution in [2.45, 2.75) is 251 Å². The summed E-state index contributed by atoms with van der Waals surface area (Å²) in [5.41, 5.74) is 0. The van der Waals surface area contributed by atoms with Gasteiger partial charge in [0, 0.05) is 12.8 Å². The zero-order valence-electron chi connectivity index (χ0n) is 47.1. The number of rotatable bonds is 53. The van der Waals surface area contributed by atoms with E-state index in [1.54, 1.807) is 0 Å². The number of esters is 2. The standard InChI is InChI=1S/C62H110NO8P/c1-6-8-10-12-14-16-18-20-21-22-23-24-25-26-27-28-29-30-31-32-33-34-35-36-37-38-39-40-41-43-45-47-49-51-53-55-62(65)71-60(59-70-72(66,67)69-57-56-63(3,4)5)58-68-61(64)54-52-50-48-46-44-42-19-17-15-13-11-9-7-2/h8,10,14,16,20-21,23-24,26-27,29-30,32-33,60H,6-7,9,11-13,15,17-19,22,25,28,31,34-59H2,1-5H3/b10-8-,16-14-,21-20-,24-23-,27-26-,30-29-,33-32-. The Morgan fingerprint density at radius 2 is 0.792 bits per heavy atom. The SMILES string of the molecule is CC/C=C\C/C=C\C/C=C\C/C=C\C/C=C\C/C=C\C/C=C\CCCCCCCCCCCCCCCC(=O)OC(COC(=O)CCCCCCCCCCCCCCC)COP(=O)([O-])OCC[N+](C)(C)C. The lowest BCUT2D eigenvalue weighted by molar-refractivity contribution is -0.870. The van der Waals surface area contributed by atoms with Gasteiger partial charge in [0.25, 0.3) is 7.82 Å². The molecule has 0 aliphatic rings. The van der Waals surface area contributed by atoms with Gasteiger partial charge in [-0.25, -0.2) is 0 Å². The molecular formula is C62H110NO8P. The minimum absolute atomic E-state index is 0.0321. The first-order valence-electron chi connectivity index (χ1n) is 29.3. The van der Waals surface area contributed by atoms with E-state index in [0.29, 0.717) is 17.4 Å². The van der Waals surface area contributed by atoms with Crippen LogP contribution < -0.4 is 4.89 Å². The van der Waals surface area contributed by atoms with Gasteiger partial charge < -0.3 is 27.9 Å². The number of phosphoric ester groups is 1. The molecule has 0 aromatic rings. The molecule has 0 aliphatic carbocycles. The van der Waals surface area contributed by atoms with Crippen molar-refractivity contribution in [2.75, 3.05) is 47.5 Å². The van der Waals surface area contributed by atoms with Crippen LogP contribution in [0, 0.1) is 0 Å². The fourth-order valence-corrected chi connectivity index (χ4v) is 8.66. The van der Waals surface area contributed by atoms with Crippen LogP contribution in [0.3, 0.4) is 0 Å². The minimum atomic E-state index is -4.63. The molecule has 0 radical (unpaired) electrons. The van der Waals surface area contributed by atoms with Crippen molar-refractivity contribution < 1.29 is 42.1 Å². The number of quaternary nitrogens is 1. The van der Waals surface area contributed by atoms with E-state index in [9.17, 15) is 19.0 Å². The Balaban J connectivity index is 4.06. The Bertz CT molecular complexity index is 1490. The van der Waals surface area contributed by atoms with Crippen LogP contribution in [0.4, 0.5) is 0 Å². The number of nitrogens with zero attached hydrogens (tertiary/aromatic N) is 1. The molecule has 0 bridgehead atoms. The van der Waals surface area contributed by atoms with Crippen molar-refractivity contribution >= 4 is 19.8 Å². The van der Waals surface area contributed by atoms with E-state index in [0.717, 1.165) is 83.5 Å². The summed E-state index contributed by atoms with van der Waals surface area (Å²) in [7, 11) is 1.17. The van der Waals surface area contributed by atoms with Gasteiger partial charge in [-0.3, -0.25) is 14.2 Å². The lowest BCUT2D eigenvalue weighted by atomic mass is 10.0. The molecule has 0 aromatic carbocycles. The Morgan fingerprint density at radius 3 is 1.18 bits per heavy atom. The molecule has 0 amide bonds. The molecule has 9 nitrogen and oxygen atoms in total. The Hall–Kier alpha value is -2.81. The van der Waals surface area contributed by atoms with E-state index in [2.05, 4.69) is 98.9 Å². The molecule has 0 saturated carbocycles. The molecule has 0 heterocycles. The minimum Gasteiger partial charge on any atom is -0.756 e. The molecule has 10 heteroatoms. The molecule has 72 heavy (non-hydrogen) atoms. The summed E-state index contributed by atoms with van der Waals surface area (Å²) in [4.78, 5) is 37.8. The molecule has 0 fully saturated rings. The van der Waals surface area contributed by atoms with Crippen LogP contribution in [0.15, 0.2) is 85.1 Å². The number of carbonyl (C=O) groups is 2. The number of likely N-dealkylation sites (N-methyl/N-ethyl adjacent to an activating group) is 1. The van der Waals surface area contributed by atoms with Gasteiger partial charge in [0.2, 0.25) is 0 Å². The highest BCUT2D eigenvalue weighted by atomic mass is 31.2. The van der Waals surface area contributed by atoms with Crippen LogP contribution in [0.2, 0.25) is 0 Å². The highest BCUT2D eigenvalue weighted by Gasteiger charge is 2.22. The first kappa shape index (κ1) is 69.2. The lowest BCUT2D eigenvalue weighted by Gasteiger charge is -2.28. The van der Waals surface area contributed by atoms with Crippen molar-refractivity contribution in [2.24, 2.45) is 0 Å². The molecule has 416 valence electrons. The van der Waals surface area contributed by atoms with E-state index in [-0.39, 0.29) is 32.0 Å². The highest BCUT2D eigenvalue weighted by Crippen LogP contribution is 2.38. The summed E-state index contributed by atoms with van der Waals surface area (Å²) in [5.74, 6) is -0.831. The van der Waals surface area contributed by atoms with Crippen LogP contribution in [0.25, 0.3) is 0 Å². The van der Waals surface area contributed by atoms with E-state index in [1.807, 2.05) is 21.1 Å². The second-order valence-electron chi connectivity index (χ2n) is 20.6. The first-order valence-corrected chi connectivity index (χ1v) is 30.8. The molecule has 2 unspecified atom stereocenters. The smallest absolute Gasteiger partial charge is 0.306 e. The van der Waals surface area contributed by atoms with Crippen molar-refractivity contribution in [3.63, 3.8) is 0 Å². The fourth-order valence-electron chi connectivity index (χ4n) is 7.93. The predicted octanol–water partition coefficient (Wildman–Crippen LogP) is 17.6. The Kier molecular flexibility index (Phi) is 51.0. The summed E-state index contributed by atoms with van der Waals surface area (Å²) in [6.45, 7) is 4.13. The molecule has 2 atom stereocenters. The maximum absolute atomic E-state index is 12.8. The quantitative estimate of drug-likeness (QED) is 0.0195. The predicted molar refractivity (Wildman–Crippen MR) is 305 cm³/mol. The number of allylic oxidation sites excluding steroid dienone is 14. The molecular weight excluding hydrogens is 918 g/mol. The third-order valence-corrected chi connectivity index (χ3v) is 13.4. The van der Waals surface area contributed by atoms with Crippen LogP contribution in [-0.2, 0) is 32.7 Å². The third kappa shape index (κ3) is 56.5. The molecule has 0 aliphatic heterocycles. The van der Waals surface area contributed by atoms with E-state index in [4.69, 9.17) is 18.5 Å². The van der Waals surface area contributed by atoms with Crippen LogP contribution in [0.5, 0.6) is 0 Å². The summed E-state index contributed by atoms with van der Waals surface area (Å²) in [6, 6.07) is 0. The summed E-state index contributed by atoms with van der Waals surface area (Å²) in [5, 5.41) is 0. The number of unbranched alkanes of at least 4 members (excludes halogenated alkanes) is 25. The maximum Gasteiger partial charge on any atom is 0.306 e. The summed E-state index contributed by atoms with van der Waals surface area (Å²) < 4.78 is 34.1. The van der Waals surface area contributed by atoms with Crippen LogP contribution >= 0.6 is 7.82 Å². The topological polar surface area (TPSA) is 111 Å². The van der Waals surface area contributed by atoms with Gasteiger partial charge in [0.15, 0.2) is 6.10 Å². The van der Waals surface area contributed by atoms with Gasteiger partial charge in [-0.2, -0.15) is 0 Å². The van der Waals surface area contributed by atoms with Gasteiger partial charge in [-0.05, 0) is 70.6 Å². The molecule has 0 N–H and O–H groups in total. The number of carbonyl (C=O) groups excluding carboxylic acids is 2. The number of phosphoric acid groups is 1. The molecule has 0 spiro atoms. The average molecular weight is 1030 g/mol. The number of hydrogen-bond donors (Lipinski definition) is 0. The normalized spacial score (nSPS) is 13.9. The monoisotopic (exact) mass is 1030 g/mol. The van der Waals surface area contributed by atoms with Gasteiger partial charge in [-0.15, -0.1) is 0 Å². The third-order valence-electron chi connectivity index (χ3n) is 12.4. The van der Waals surface area contributed by atoms with Gasteiger partial charge >= 0.3 is 11.9 Å². The largest absolute Gasteiger partial charge is 0.756 e. The van der Waals surface area contributed by atoms with Crippen molar-refractivity contribution in [1.82, 2.24) is 0 Å². The van der Waals surface area contributed by atoms with Gasteiger partial charge in [0.05, 0.1) is 27.7 Å². The molecule has 0 rings (SSSR count). The van der Waals surface area contributed by atoms with Crippen molar-refractivity contribution in [3.05, 3.63) is 85.1 Å². The number of ether oxygens (including phenoxy) is 2. The first-order chi connectivity index (χ1) is 35.0. The fraction of sp³-hybridized carbons (Fsp3) is 0.742. The molecule has 0 aromatic heterocycles. The van der Waals surface area contributed by atoms with E-state index >= 15 is 0 Å².